The standard InChI is InChI=1S/C17H32N2/c1-13-7-5-10-16(14(13)2)19-12-4-3-9-17(19)15-8-6-11-18-15/h13-18H,3-12H2,1-2H3. The third kappa shape index (κ3) is 2.85. The molecule has 1 saturated carbocycles. The van der Waals surface area contributed by atoms with Gasteiger partial charge in [-0.1, -0.05) is 33.1 Å². The van der Waals surface area contributed by atoms with Crippen LogP contribution in [-0.2, 0) is 0 Å². The minimum absolute atomic E-state index is 0.796. The van der Waals surface area contributed by atoms with Crippen molar-refractivity contribution >= 4 is 0 Å². The predicted octanol–water partition coefficient (Wildman–Crippen LogP) is 3.42. The van der Waals surface area contributed by atoms with Crippen LogP contribution in [0.2, 0.25) is 0 Å². The van der Waals surface area contributed by atoms with Crippen molar-refractivity contribution in [2.45, 2.75) is 83.3 Å². The van der Waals surface area contributed by atoms with Gasteiger partial charge in [0.15, 0.2) is 0 Å². The van der Waals surface area contributed by atoms with Gasteiger partial charge in [0.25, 0.3) is 0 Å². The van der Waals surface area contributed by atoms with E-state index in [1.807, 2.05) is 0 Å². The number of rotatable bonds is 2. The monoisotopic (exact) mass is 264 g/mol. The van der Waals surface area contributed by atoms with Crippen LogP contribution in [0.1, 0.15) is 65.2 Å². The maximum absolute atomic E-state index is 3.78. The highest BCUT2D eigenvalue weighted by molar-refractivity contribution is 4.95. The molecule has 5 atom stereocenters. The second-order valence-electron chi connectivity index (χ2n) is 7.34. The molecular formula is C17H32N2. The third-order valence-electron chi connectivity index (χ3n) is 6.24. The van der Waals surface area contributed by atoms with Gasteiger partial charge in [0.05, 0.1) is 0 Å². The maximum atomic E-state index is 3.78. The van der Waals surface area contributed by atoms with Gasteiger partial charge in [0, 0.05) is 18.1 Å². The van der Waals surface area contributed by atoms with Gasteiger partial charge >= 0.3 is 0 Å². The lowest BCUT2D eigenvalue weighted by molar-refractivity contribution is 0.0130. The first kappa shape index (κ1) is 13.9. The van der Waals surface area contributed by atoms with Crippen molar-refractivity contribution in [3.63, 3.8) is 0 Å². The molecule has 2 nitrogen and oxygen atoms in total. The Morgan fingerprint density at radius 3 is 2.47 bits per heavy atom. The highest BCUT2D eigenvalue weighted by atomic mass is 15.2. The Labute approximate surface area is 119 Å². The van der Waals surface area contributed by atoms with Gasteiger partial charge in [0.2, 0.25) is 0 Å². The summed E-state index contributed by atoms with van der Waals surface area (Å²) < 4.78 is 0. The average molecular weight is 264 g/mol. The number of hydrogen-bond donors (Lipinski definition) is 1. The van der Waals surface area contributed by atoms with E-state index >= 15 is 0 Å². The Kier molecular flexibility index (Phi) is 4.48. The molecule has 2 saturated heterocycles. The molecule has 0 aromatic carbocycles. The molecule has 110 valence electrons. The van der Waals surface area contributed by atoms with Gasteiger partial charge < -0.3 is 5.32 Å². The van der Waals surface area contributed by atoms with Crippen LogP contribution in [0.4, 0.5) is 0 Å². The van der Waals surface area contributed by atoms with Crippen LogP contribution >= 0.6 is 0 Å². The molecular weight excluding hydrogens is 232 g/mol. The summed E-state index contributed by atoms with van der Waals surface area (Å²) in [4.78, 5) is 2.94. The van der Waals surface area contributed by atoms with E-state index in [0.29, 0.717) is 0 Å². The van der Waals surface area contributed by atoms with Gasteiger partial charge in [-0.15, -0.1) is 0 Å². The van der Waals surface area contributed by atoms with Crippen molar-refractivity contribution in [3.05, 3.63) is 0 Å². The zero-order valence-electron chi connectivity index (χ0n) is 12.9. The van der Waals surface area contributed by atoms with E-state index in [-0.39, 0.29) is 0 Å². The van der Waals surface area contributed by atoms with Crippen LogP contribution in [0.5, 0.6) is 0 Å². The van der Waals surface area contributed by atoms with Gasteiger partial charge in [-0.3, -0.25) is 4.90 Å². The topological polar surface area (TPSA) is 15.3 Å². The Morgan fingerprint density at radius 1 is 0.842 bits per heavy atom. The Hall–Kier alpha value is -0.0800. The zero-order valence-corrected chi connectivity index (χ0v) is 12.9. The first-order valence-corrected chi connectivity index (χ1v) is 8.76. The molecule has 2 heteroatoms. The molecule has 3 aliphatic rings. The number of nitrogens with one attached hydrogen (secondary N) is 1. The fourth-order valence-electron chi connectivity index (χ4n) is 4.89. The maximum Gasteiger partial charge on any atom is 0.0252 e. The molecule has 0 aromatic rings. The lowest BCUT2D eigenvalue weighted by Crippen LogP contribution is -2.57. The molecule has 1 aliphatic carbocycles. The number of hydrogen-bond acceptors (Lipinski definition) is 2. The van der Waals surface area contributed by atoms with Crippen LogP contribution in [0, 0.1) is 11.8 Å². The molecule has 19 heavy (non-hydrogen) atoms. The van der Waals surface area contributed by atoms with Crippen molar-refractivity contribution < 1.29 is 0 Å². The van der Waals surface area contributed by atoms with Crippen LogP contribution < -0.4 is 5.32 Å². The van der Waals surface area contributed by atoms with Gasteiger partial charge in [-0.2, -0.15) is 0 Å². The largest absolute Gasteiger partial charge is 0.312 e. The van der Waals surface area contributed by atoms with E-state index in [4.69, 9.17) is 0 Å². The lowest BCUT2D eigenvalue weighted by Gasteiger charge is -2.49. The smallest absolute Gasteiger partial charge is 0.0252 e. The van der Waals surface area contributed by atoms with Gasteiger partial charge in [0.1, 0.15) is 0 Å². The molecule has 2 heterocycles. The minimum atomic E-state index is 0.796. The SMILES string of the molecule is CC1CCCC(N2CCCCC2C2CCCN2)C1C. The summed E-state index contributed by atoms with van der Waals surface area (Å²) in [5, 5.41) is 3.78. The zero-order chi connectivity index (χ0) is 13.2. The summed E-state index contributed by atoms with van der Waals surface area (Å²) in [7, 11) is 0. The Balaban J connectivity index is 1.71. The lowest BCUT2D eigenvalue weighted by atomic mass is 9.76. The minimum Gasteiger partial charge on any atom is -0.312 e. The predicted molar refractivity (Wildman–Crippen MR) is 81.3 cm³/mol. The Bertz CT molecular complexity index is 277. The molecule has 0 spiro atoms. The fraction of sp³-hybridized carbons (Fsp3) is 1.00. The Morgan fingerprint density at radius 2 is 1.68 bits per heavy atom. The molecule has 3 rings (SSSR count). The van der Waals surface area contributed by atoms with Crippen LogP contribution in [0.25, 0.3) is 0 Å². The first-order valence-electron chi connectivity index (χ1n) is 8.76. The van der Waals surface area contributed by atoms with E-state index in [1.165, 1.54) is 64.5 Å². The molecule has 0 amide bonds. The number of piperidine rings is 1. The summed E-state index contributed by atoms with van der Waals surface area (Å²) in [5.74, 6) is 1.83. The number of nitrogens with zero attached hydrogens (tertiary/aromatic N) is 1. The second kappa shape index (κ2) is 6.13. The molecule has 0 radical (unpaired) electrons. The summed E-state index contributed by atoms with van der Waals surface area (Å²) in [6.45, 7) is 7.61. The average Bonchev–Trinajstić information content (AvgIpc) is 2.96. The molecule has 2 aliphatic heterocycles. The third-order valence-corrected chi connectivity index (χ3v) is 6.24. The van der Waals surface area contributed by atoms with E-state index in [9.17, 15) is 0 Å². The summed E-state index contributed by atoms with van der Waals surface area (Å²) in [6, 6.07) is 2.51. The normalized spacial score (nSPS) is 45.5. The van der Waals surface area contributed by atoms with Crippen molar-refractivity contribution in [3.8, 4) is 0 Å². The summed E-state index contributed by atoms with van der Waals surface area (Å²) >= 11 is 0. The quantitative estimate of drug-likeness (QED) is 0.822. The molecule has 0 bridgehead atoms. The van der Waals surface area contributed by atoms with Crippen molar-refractivity contribution in [2.24, 2.45) is 11.8 Å². The summed E-state index contributed by atoms with van der Waals surface area (Å²) in [5.41, 5.74) is 0. The summed E-state index contributed by atoms with van der Waals surface area (Å²) in [6.07, 6.45) is 11.5. The van der Waals surface area contributed by atoms with E-state index < -0.39 is 0 Å². The van der Waals surface area contributed by atoms with Crippen molar-refractivity contribution in [2.75, 3.05) is 13.1 Å². The van der Waals surface area contributed by atoms with Crippen molar-refractivity contribution in [1.82, 2.24) is 10.2 Å². The molecule has 0 aromatic heterocycles. The number of likely N-dealkylation sites (tertiary alicyclic amines) is 1. The van der Waals surface area contributed by atoms with Gasteiger partial charge in [-0.25, -0.2) is 0 Å². The molecule has 3 fully saturated rings. The van der Waals surface area contributed by atoms with Crippen LogP contribution in [0.15, 0.2) is 0 Å². The highest BCUT2D eigenvalue weighted by Gasteiger charge is 2.39. The van der Waals surface area contributed by atoms with Crippen LogP contribution in [0.3, 0.4) is 0 Å². The van der Waals surface area contributed by atoms with E-state index in [2.05, 4.69) is 24.1 Å². The highest BCUT2D eigenvalue weighted by Crippen LogP contribution is 2.37. The fourth-order valence-corrected chi connectivity index (χ4v) is 4.89. The van der Waals surface area contributed by atoms with Gasteiger partial charge in [-0.05, 0) is 57.0 Å². The van der Waals surface area contributed by atoms with E-state index in [0.717, 1.165) is 30.0 Å². The second-order valence-corrected chi connectivity index (χ2v) is 7.34. The van der Waals surface area contributed by atoms with E-state index in [1.54, 1.807) is 0 Å². The first-order chi connectivity index (χ1) is 9.27. The van der Waals surface area contributed by atoms with Crippen LogP contribution in [-0.4, -0.2) is 36.1 Å². The molecule has 5 unspecified atom stereocenters. The molecule has 1 N–H and O–H groups in total. The van der Waals surface area contributed by atoms with Crippen molar-refractivity contribution in [1.29, 1.82) is 0 Å².